The van der Waals surface area contributed by atoms with Crippen LogP contribution in [-0.2, 0) is 9.47 Å². The van der Waals surface area contributed by atoms with Crippen LogP contribution in [0.5, 0.6) is 0 Å². The molecule has 0 saturated carbocycles. The Morgan fingerprint density at radius 1 is 0.750 bits per heavy atom. The third-order valence-electron chi connectivity index (χ3n) is 3.38. The Hall–Kier alpha value is -0.0800. The van der Waals surface area contributed by atoms with Gasteiger partial charge in [0.15, 0.2) is 0 Å². The van der Waals surface area contributed by atoms with Crippen LogP contribution in [0.4, 0.5) is 0 Å². The largest absolute Gasteiger partial charge is 0.345 e. The van der Waals surface area contributed by atoms with E-state index in [4.69, 9.17) is 9.47 Å². The van der Waals surface area contributed by atoms with Gasteiger partial charge in [-0.1, -0.05) is 41.5 Å². The third kappa shape index (κ3) is 7.24. The smallest absolute Gasteiger partial charge is 0.220 e. The standard InChI is InChI=1S/C14H29O2/c1-10(2)12(5)8-15-14(7)16-9-13(6)11(3)4/h10-13H,8-9H2,1-7H3. The fraction of sp³-hybridized carbons (Fsp3) is 0.929. The molecule has 0 aromatic heterocycles. The second-order valence-corrected chi connectivity index (χ2v) is 5.56. The summed E-state index contributed by atoms with van der Waals surface area (Å²) < 4.78 is 11.2. The minimum atomic E-state index is 0.570. The lowest BCUT2D eigenvalue weighted by Gasteiger charge is -2.21. The van der Waals surface area contributed by atoms with Crippen LogP contribution < -0.4 is 0 Å². The van der Waals surface area contributed by atoms with Crippen LogP contribution in [0.3, 0.4) is 0 Å². The van der Waals surface area contributed by atoms with Crippen LogP contribution >= 0.6 is 0 Å². The molecule has 0 bridgehead atoms. The van der Waals surface area contributed by atoms with Crippen molar-refractivity contribution in [3.63, 3.8) is 0 Å². The number of rotatable bonds is 8. The zero-order valence-electron chi connectivity index (χ0n) is 12.0. The average Bonchev–Trinajstić information content (AvgIpc) is 2.21. The highest BCUT2D eigenvalue weighted by Crippen LogP contribution is 2.16. The van der Waals surface area contributed by atoms with Crippen LogP contribution in [0.15, 0.2) is 0 Å². The SMILES string of the molecule is C[C](OCC(C)C(C)C)OCC(C)C(C)C. The molecule has 1 radical (unpaired) electrons. The first-order valence-corrected chi connectivity index (χ1v) is 6.43. The molecule has 0 fully saturated rings. The van der Waals surface area contributed by atoms with Crippen LogP contribution in [0, 0.1) is 30.0 Å². The molecule has 0 aliphatic heterocycles. The predicted octanol–water partition coefficient (Wildman–Crippen LogP) is 4.11. The molecule has 0 saturated heterocycles. The van der Waals surface area contributed by atoms with Crippen molar-refractivity contribution in [1.82, 2.24) is 0 Å². The molecule has 2 nitrogen and oxygen atoms in total. The number of hydrogen-bond donors (Lipinski definition) is 0. The lowest BCUT2D eigenvalue weighted by Crippen LogP contribution is -2.18. The van der Waals surface area contributed by atoms with E-state index >= 15 is 0 Å². The first-order chi connectivity index (χ1) is 7.34. The van der Waals surface area contributed by atoms with Gasteiger partial charge in [0.25, 0.3) is 0 Å². The van der Waals surface area contributed by atoms with Gasteiger partial charge < -0.3 is 9.47 Å². The summed E-state index contributed by atoms with van der Waals surface area (Å²) >= 11 is 0. The van der Waals surface area contributed by atoms with Gasteiger partial charge in [-0.25, -0.2) is 0 Å². The van der Waals surface area contributed by atoms with E-state index in [9.17, 15) is 0 Å². The number of ether oxygens (including phenoxy) is 2. The fourth-order valence-corrected chi connectivity index (χ4v) is 0.924. The van der Waals surface area contributed by atoms with Crippen molar-refractivity contribution in [3.05, 3.63) is 6.29 Å². The van der Waals surface area contributed by atoms with Crippen LogP contribution in [0.2, 0.25) is 0 Å². The molecular weight excluding hydrogens is 200 g/mol. The molecule has 0 aliphatic carbocycles. The van der Waals surface area contributed by atoms with E-state index in [0.717, 1.165) is 13.2 Å². The molecule has 0 aromatic carbocycles. The van der Waals surface area contributed by atoms with Gasteiger partial charge in [-0.05, 0) is 30.6 Å². The second-order valence-electron chi connectivity index (χ2n) is 5.56. The Kier molecular flexibility index (Phi) is 8.04. The zero-order chi connectivity index (χ0) is 12.7. The Bertz CT molecular complexity index is 148. The Labute approximate surface area is 102 Å². The average molecular weight is 229 g/mol. The lowest BCUT2D eigenvalue weighted by molar-refractivity contribution is -0.0624. The normalized spacial score (nSPS) is 16.1. The Morgan fingerprint density at radius 2 is 1.06 bits per heavy atom. The highest BCUT2D eigenvalue weighted by atomic mass is 16.7. The van der Waals surface area contributed by atoms with Gasteiger partial charge in [0.1, 0.15) is 0 Å². The Morgan fingerprint density at radius 3 is 1.31 bits per heavy atom. The summed E-state index contributed by atoms with van der Waals surface area (Å²) in [5, 5.41) is 0. The fourth-order valence-electron chi connectivity index (χ4n) is 0.924. The van der Waals surface area contributed by atoms with E-state index in [2.05, 4.69) is 41.5 Å². The molecule has 97 valence electrons. The minimum Gasteiger partial charge on any atom is -0.345 e. The minimum absolute atomic E-state index is 0.570. The van der Waals surface area contributed by atoms with E-state index in [0.29, 0.717) is 30.0 Å². The van der Waals surface area contributed by atoms with Crippen molar-refractivity contribution in [2.45, 2.75) is 48.5 Å². The zero-order valence-corrected chi connectivity index (χ0v) is 12.0. The van der Waals surface area contributed by atoms with Crippen LogP contribution in [0.25, 0.3) is 0 Å². The van der Waals surface area contributed by atoms with Crippen LogP contribution in [-0.4, -0.2) is 13.2 Å². The highest BCUT2D eigenvalue weighted by Gasteiger charge is 2.13. The van der Waals surface area contributed by atoms with E-state index in [-0.39, 0.29) is 0 Å². The van der Waals surface area contributed by atoms with E-state index < -0.39 is 0 Å². The first kappa shape index (κ1) is 15.9. The summed E-state index contributed by atoms with van der Waals surface area (Å²) in [6.45, 7) is 16.7. The van der Waals surface area contributed by atoms with E-state index in [1.807, 2.05) is 6.92 Å². The molecule has 16 heavy (non-hydrogen) atoms. The highest BCUT2D eigenvalue weighted by molar-refractivity contribution is 4.63. The van der Waals surface area contributed by atoms with Gasteiger partial charge in [-0.2, -0.15) is 0 Å². The summed E-state index contributed by atoms with van der Waals surface area (Å²) in [7, 11) is 0. The molecule has 0 amide bonds. The van der Waals surface area contributed by atoms with Crippen molar-refractivity contribution in [3.8, 4) is 0 Å². The molecule has 0 aliphatic rings. The van der Waals surface area contributed by atoms with Crippen molar-refractivity contribution >= 4 is 0 Å². The molecule has 0 heterocycles. The van der Waals surface area contributed by atoms with Crippen molar-refractivity contribution in [2.75, 3.05) is 13.2 Å². The van der Waals surface area contributed by atoms with Crippen molar-refractivity contribution in [1.29, 1.82) is 0 Å². The molecule has 2 atom stereocenters. The van der Waals surface area contributed by atoms with Gasteiger partial charge in [0.2, 0.25) is 6.29 Å². The van der Waals surface area contributed by atoms with E-state index in [1.165, 1.54) is 0 Å². The summed E-state index contributed by atoms with van der Waals surface area (Å²) in [5.41, 5.74) is 0. The lowest BCUT2D eigenvalue weighted by atomic mass is 9.99. The summed E-state index contributed by atoms with van der Waals surface area (Å²) in [4.78, 5) is 0. The van der Waals surface area contributed by atoms with Gasteiger partial charge >= 0.3 is 0 Å². The maximum Gasteiger partial charge on any atom is 0.220 e. The van der Waals surface area contributed by atoms with Gasteiger partial charge in [0.05, 0.1) is 13.2 Å². The van der Waals surface area contributed by atoms with Crippen LogP contribution in [0.1, 0.15) is 48.5 Å². The second kappa shape index (κ2) is 8.08. The summed E-state index contributed by atoms with van der Waals surface area (Å²) in [6.07, 6.45) is 0.708. The summed E-state index contributed by atoms with van der Waals surface area (Å²) in [5.74, 6) is 2.45. The molecule has 0 N–H and O–H groups in total. The molecule has 0 aromatic rings. The monoisotopic (exact) mass is 229 g/mol. The van der Waals surface area contributed by atoms with Crippen molar-refractivity contribution in [2.24, 2.45) is 23.7 Å². The Balaban J connectivity index is 3.63. The quantitative estimate of drug-likeness (QED) is 0.623. The molecule has 2 heteroatoms. The maximum atomic E-state index is 5.59. The molecule has 0 rings (SSSR count). The summed E-state index contributed by atoms with van der Waals surface area (Å²) in [6, 6.07) is 0. The first-order valence-electron chi connectivity index (χ1n) is 6.43. The maximum absolute atomic E-state index is 5.59. The van der Waals surface area contributed by atoms with E-state index in [1.54, 1.807) is 0 Å². The number of hydrogen-bond acceptors (Lipinski definition) is 2. The molecule has 2 unspecified atom stereocenters. The van der Waals surface area contributed by atoms with Gasteiger partial charge in [0, 0.05) is 0 Å². The van der Waals surface area contributed by atoms with Gasteiger partial charge in [-0.15, -0.1) is 0 Å². The third-order valence-corrected chi connectivity index (χ3v) is 3.38. The van der Waals surface area contributed by atoms with Crippen molar-refractivity contribution < 1.29 is 9.47 Å². The van der Waals surface area contributed by atoms with Gasteiger partial charge in [-0.3, -0.25) is 0 Å². The molecular formula is C14H29O2. The topological polar surface area (TPSA) is 18.5 Å². The predicted molar refractivity (Wildman–Crippen MR) is 68.8 cm³/mol. The molecule has 0 spiro atoms.